The van der Waals surface area contributed by atoms with E-state index in [1.807, 2.05) is 5.59 Å². The van der Waals surface area contributed by atoms with Crippen LogP contribution in [0.15, 0.2) is 0 Å². The zero-order chi connectivity index (χ0) is 30.3. The van der Waals surface area contributed by atoms with E-state index in [1.54, 1.807) is 0 Å². The number of nitrogens with two attached hydrogens (primary N) is 1. The number of hydrogen-bond acceptors (Lipinski definition) is 12. The first kappa shape index (κ1) is 48.9. The molecule has 35 heavy (non-hydrogen) atoms. The first-order valence-electron chi connectivity index (χ1n) is 8.78. The molecule has 0 amide bonds. The van der Waals surface area contributed by atoms with E-state index in [1.165, 1.54) is 6.92 Å². The maximum absolute atomic E-state index is 9.09. The van der Waals surface area contributed by atoms with Crippen molar-refractivity contribution in [2.45, 2.75) is 66.8 Å². The second-order valence-corrected chi connectivity index (χ2v) is 5.30. The molecule has 0 heterocycles. The highest BCUT2D eigenvalue weighted by Gasteiger charge is 2.22. The predicted molar refractivity (Wildman–Crippen MR) is 117 cm³/mol. The van der Waals surface area contributed by atoms with Gasteiger partial charge in [0.05, 0.1) is 6.61 Å². The number of carbonyl (C=O) groups is 6. The number of aliphatic hydroxyl groups excluding tert-OH is 3. The molecule has 18 heteroatoms. The van der Waals surface area contributed by atoms with Crippen LogP contribution in [0.25, 0.3) is 0 Å². The number of hydrogen-bond donors (Lipinski definition) is 11. The van der Waals surface area contributed by atoms with E-state index in [0.29, 0.717) is 0 Å². The van der Waals surface area contributed by atoms with Gasteiger partial charge in [-0.1, -0.05) is 0 Å². The molecule has 0 spiro atoms. The van der Waals surface area contributed by atoms with E-state index in [0.717, 1.165) is 41.5 Å². The third-order valence-electron chi connectivity index (χ3n) is 1.32. The summed E-state index contributed by atoms with van der Waals surface area (Å²) in [6, 6.07) is 0. The van der Waals surface area contributed by atoms with Gasteiger partial charge in [0.2, 0.25) is 0 Å². The van der Waals surface area contributed by atoms with Crippen molar-refractivity contribution in [2.24, 2.45) is 5.84 Å². The minimum absolute atomic E-state index is 0.514. The third kappa shape index (κ3) is 272. The number of carboxylic acids is 6. The van der Waals surface area contributed by atoms with Gasteiger partial charge in [-0.2, -0.15) is 0 Å². The van der Waals surface area contributed by atoms with Crippen LogP contribution in [0, 0.1) is 0 Å². The molecular formula is C17H38N2O16. The predicted octanol–water partition coefficient (Wildman–Crippen LogP) is -1.97. The summed E-state index contributed by atoms with van der Waals surface area (Å²) >= 11 is 0. The largest absolute Gasteiger partial charge is 0.481 e. The van der Waals surface area contributed by atoms with E-state index >= 15 is 0 Å². The summed E-state index contributed by atoms with van der Waals surface area (Å²) in [5, 5.41) is 70.9. The lowest BCUT2D eigenvalue weighted by Gasteiger charge is -2.21. The Balaban J connectivity index is -0.0000000558. The van der Waals surface area contributed by atoms with Gasteiger partial charge < -0.3 is 46.0 Å². The van der Waals surface area contributed by atoms with E-state index in [-0.39, 0.29) is 0 Å². The Hall–Kier alpha value is -3.42. The fourth-order valence-electron chi connectivity index (χ4n) is 0.598. The number of aliphatic hydroxyl groups is 3. The van der Waals surface area contributed by atoms with Gasteiger partial charge in [0.25, 0.3) is 35.8 Å². The smallest absolute Gasteiger partial charge is 0.300 e. The van der Waals surface area contributed by atoms with Crippen molar-refractivity contribution in [1.29, 1.82) is 0 Å². The van der Waals surface area contributed by atoms with E-state index in [2.05, 4.69) is 4.84 Å². The van der Waals surface area contributed by atoms with Crippen molar-refractivity contribution >= 4 is 35.8 Å². The van der Waals surface area contributed by atoms with Crippen molar-refractivity contribution in [2.75, 3.05) is 6.61 Å². The SMILES string of the molecule is CC(=O)O.CC(=O)O.CC(=O)O.CC(=O)O.CC(=O)O.CC(=O)O.C[C@@H](ONN)[C@H](O)[C@H](O)CO. The Morgan fingerprint density at radius 1 is 0.657 bits per heavy atom. The molecule has 12 N–H and O–H groups in total. The Morgan fingerprint density at radius 3 is 0.943 bits per heavy atom. The third-order valence-corrected chi connectivity index (χ3v) is 1.32. The molecule has 0 aliphatic carbocycles. The number of hydrazine groups is 1. The van der Waals surface area contributed by atoms with Crippen molar-refractivity contribution < 1.29 is 79.6 Å². The summed E-state index contributed by atoms with van der Waals surface area (Å²) in [4.78, 5) is 58.5. The van der Waals surface area contributed by atoms with Gasteiger partial charge in [-0.25, -0.2) is 5.84 Å². The van der Waals surface area contributed by atoms with Crippen molar-refractivity contribution in [3.8, 4) is 0 Å². The van der Waals surface area contributed by atoms with Crippen LogP contribution in [0.4, 0.5) is 0 Å². The van der Waals surface area contributed by atoms with Gasteiger partial charge in [0.15, 0.2) is 0 Å². The van der Waals surface area contributed by atoms with E-state index < -0.39 is 60.7 Å². The van der Waals surface area contributed by atoms with Crippen molar-refractivity contribution in [1.82, 2.24) is 5.59 Å². The summed E-state index contributed by atoms with van der Waals surface area (Å²) in [5.74, 6) is -0.219. The molecule has 0 unspecified atom stereocenters. The number of carboxylic acid groups (broad SMARTS) is 6. The highest BCUT2D eigenvalue weighted by molar-refractivity contribution is 5.64. The molecule has 0 aliphatic heterocycles. The highest BCUT2D eigenvalue weighted by Crippen LogP contribution is 2.01. The second-order valence-electron chi connectivity index (χ2n) is 5.30. The number of aliphatic carboxylic acids is 6. The van der Waals surface area contributed by atoms with Crippen LogP contribution in [0.2, 0.25) is 0 Å². The van der Waals surface area contributed by atoms with Crippen molar-refractivity contribution in [3.05, 3.63) is 0 Å². The Kier molecular flexibility index (Phi) is 52.9. The Morgan fingerprint density at radius 2 is 0.829 bits per heavy atom. The molecule has 0 fully saturated rings. The molecule has 0 radical (unpaired) electrons. The lowest BCUT2D eigenvalue weighted by molar-refractivity contribution is -0.135. The van der Waals surface area contributed by atoms with E-state index in [9.17, 15) is 0 Å². The van der Waals surface area contributed by atoms with Crippen LogP contribution >= 0.6 is 0 Å². The molecule has 0 rings (SSSR count). The van der Waals surface area contributed by atoms with Crippen LogP contribution in [-0.4, -0.2) is 107 Å². The summed E-state index contributed by atoms with van der Waals surface area (Å²) in [7, 11) is 0. The molecule has 0 aliphatic rings. The van der Waals surface area contributed by atoms with E-state index in [4.69, 9.17) is 80.6 Å². The molecule has 0 bridgehead atoms. The van der Waals surface area contributed by atoms with Gasteiger partial charge in [-0.05, 0) is 6.92 Å². The van der Waals surface area contributed by atoms with Crippen molar-refractivity contribution in [3.63, 3.8) is 0 Å². The van der Waals surface area contributed by atoms with Gasteiger partial charge >= 0.3 is 0 Å². The average Bonchev–Trinajstić information content (AvgIpc) is 2.57. The Bertz CT molecular complexity index is 439. The first-order chi connectivity index (χ1) is 15.5. The lowest BCUT2D eigenvalue weighted by Crippen LogP contribution is -2.43. The minimum atomic E-state index is -1.21. The van der Waals surface area contributed by atoms with Crippen LogP contribution in [0.3, 0.4) is 0 Å². The second kappa shape index (κ2) is 37.9. The standard InChI is InChI=1S/C5H14N2O4.6C2H4O2/c1-3(11-7-6)5(10)4(9)2-8;6*1-2(3)4/h3-5,7-10H,2,6H2,1H3;6*1H3,(H,3,4)/t3-,4-,5+;;;;;;/m1....../s1. The molecule has 0 saturated carbocycles. The average molecular weight is 526 g/mol. The number of rotatable bonds is 5. The zero-order valence-electron chi connectivity index (χ0n) is 20.4. The van der Waals surface area contributed by atoms with Crippen LogP contribution in [0.1, 0.15) is 48.5 Å². The van der Waals surface area contributed by atoms with Gasteiger partial charge in [-0.3, -0.25) is 33.6 Å². The molecule has 18 nitrogen and oxygen atoms in total. The molecule has 0 aromatic heterocycles. The molecule has 0 saturated heterocycles. The summed E-state index contributed by atoms with van der Waals surface area (Å²) in [6.07, 6.45) is -3.04. The summed E-state index contributed by atoms with van der Waals surface area (Å²) in [6.45, 7) is 7.49. The molecular weight excluding hydrogens is 488 g/mol. The van der Waals surface area contributed by atoms with Gasteiger partial charge in [0.1, 0.15) is 18.3 Å². The molecule has 3 atom stereocenters. The highest BCUT2D eigenvalue weighted by atomic mass is 16.7. The van der Waals surface area contributed by atoms with Gasteiger partial charge in [0, 0.05) is 41.5 Å². The van der Waals surface area contributed by atoms with Gasteiger partial charge in [-0.15, -0.1) is 5.59 Å². The molecule has 0 aromatic carbocycles. The Labute approximate surface area is 201 Å². The molecule has 0 aromatic rings. The fourth-order valence-corrected chi connectivity index (χ4v) is 0.598. The first-order valence-corrected chi connectivity index (χ1v) is 8.78. The monoisotopic (exact) mass is 526 g/mol. The van der Waals surface area contributed by atoms with Crippen LogP contribution in [0.5, 0.6) is 0 Å². The van der Waals surface area contributed by atoms with Crippen LogP contribution in [-0.2, 0) is 33.6 Å². The topological polar surface area (TPSA) is 332 Å². The summed E-state index contributed by atoms with van der Waals surface area (Å²) in [5.41, 5.74) is 1.87. The maximum Gasteiger partial charge on any atom is 0.300 e. The lowest BCUT2D eigenvalue weighted by atomic mass is 10.1. The van der Waals surface area contributed by atoms with Crippen LogP contribution < -0.4 is 11.4 Å². The normalized spacial score (nSPS) is 10.4. The molecule has 212 valence electrons. The quantitative estimate of drug-likeness (QED) is 0.136. The number of nitrogens with one attached hydrogen (secondary N) is 1. The minimum Gasteiger partial charge on any atom is -0.481 e. The maximum atomic E-state index is 9.09. The fraction of sp³-hybridized carbons (Fsp3) is 0.647. The zero-order valence-corrected chi connectivity index (χ0v) is 20.4. The summed E-state index contributed by atoms with van der Waals surface area (Å²) < 4.78 is 0.